The van der Waals surface area contributed by atoms with Crippen molar-refractivity contribution in [3.05, 3.63) is 21.4 Å². The summed E-state index contributed by atoms with van der Waals surface area (Å²) in [7, 11) is 0. The van der Waals surface area contributed by atoms with E-state index in [-0.39, 0.29) is 17.9 Å². The first-order chi connectivity index (χ1) is 11.1. The van der Waals surface area contributed by atoms with Gasteiger partial charge in [-0.25, -0.2) is 4.79 Å². The first-order valence-corrected chi connectivity index (χ1v) is 9.58. The van der Waals surface area contributed by atoms with E-state index in [0.717, 1.165) is 25.7 Å². The van der Waals surface area contributed by atoms with Crippen molar-refractivity contribution >= 4 is 23.2 Å². The molecule has 0 bridgehead atoms. The summed E-state index contributed by atoms with van der Waals surface area (Å²) in [5.74, 6) is -0.540. The van der Waals surface area contributed by atoms with E-state index in [1.165, 1.54) is 53.9 Å². The summed E-state index contributed by atoms with van der Waals surface area (Å²) in [5.41, 5.74) is 1.28. The minimum Gasteiger partial charge on any atom is -0.448 e. The Morgan fingerprint density at radius 1 is 1.17 bits per heavy atom. The number of nitrogens with one attached hydrogen (secondary N) is 1. The molecule has 126 valence electrons. The molecule has 1 aromatic heterocycles. The Morgan fingerprint density at radius 3 is 2.61 bits per heavy atom. The summed E-state index contributed by atoms with van der Waals surface area (Å²) in [6.45, 7) is 1.66. The molecule has 0 saturated heterocycles. The van der Waals surface area contributed by atoms with Crippen molar-refractivity contribution in [1.82, 2.24) is 5.32 Å². The second-order valence-corrected chi connectivity index (χ2v) is 7.79. The lowest BCUT2D eigenvalue weighted by atomic mass is 10.1. The van der Waals surface area contributed by atoms with Gasteiger partial charge in [-0.1, -0.05) is 25.7 Å². The highest BCUT2D eigenvalue weighted by molar-refractivity contribution is 7.14. The highest BCUT2D eigenvalue weighted by atomic mass is 32.1. The third kappa shape index (κ3) is 4.14. The second-order valence-electron chi connectivity index (χ2n) is 6.66. The van der Waals surface area contributed by atoms with Crippen LogP contribution in [0.5, 0.6) is 0 Å². The Labute approximate surface area is 141 Å². The highest BCUT2D eigenvalue weighted by Crippen LogP contribution is 2.31. The smallest absolute Gasteiger partial charge is 0.349 e. The van der Waals surface area contributed by atoms with Crippen molar-refractivity contribution in [1.29, 1.82) is 0 Å². The van der Waals surface area contributed by atoms with Gasteiger partial charge in [0, 0.05) is 10.9 Å². The van der Waals surface area contributed by atoms with E-state index in [1.807, 2.05) is 6.07 Å². The van der Waals surface area contributed by atoms with Crippen molar-refractivity contribution in [2.24, 2.45) is 0 Å². The fourth-order valence-electron chi connectivity index (χ4n) is 3.44. The van der Waals surface area contributed by atoms with Gasteiger partial charge in [0.15, 0.2) is 6.10 Å². The average Bonchev–Trinajstić information content (AvgIpc) is 3.02. The molecule has 0 spiro atoms. The minimum atomic E-state index is -0.734. The van der Waals surface area contributed by atoms with Gasteiger partial charge in [-0.2, -0.15) is 0 Å². The van der Waals surface area contributed by atoms with Crippen molar-refractivity contribution in [3.63, 3.8) is 0 Å². The zero-order valence-electron chi connectivity index (χ0n) is 13.7. The van der Waals surface area contributed by atoms with Crippen molar-refractivity contribution < 1.29 is 14.3 Å². The van der Waals surface area contributed by atoms with Gasteiger partial charge in [-0.15, -0.1) is 11.3 Å². The molecular formula is C18H25NO3S. The van der Waals surface area contributed by atoms with Gasteiger partial charge < -0.3 is 10.1 Å². The largest absolute Gasteiger partial charge is 0.448 e. The summed E-state index contributed by atoms with van der Waals surface area (Å²) in [6, 6.07) is 2.17. The molecule has 0 aromatic carbocycles. The molecule has 2 aliphatic rings. The molecule has 2 aliphatic carbocycles. The van der Waals surface area contributed by atoms with E-state index >= 15 is 0 Å². The van der Waals surface area contributed by atoms with Crippen LogP contribution >= 0.6 is 11.3 Å². The van der Waals surface area contributed by atoms with Crippen LogP contribution in [0, 0.1) is 0 Å². The molecule has 1 saturated carbocycles. The number of thiophene rings is 1. The predicted octanol–water partition coefficient (Wildman–Crippen LogP) is 3.62. The van der Waals surface area contributed by atoms with Crippen LogP contribution < -0.4 is 5.32 Å². The summed E-state index contributed by atoms with van der Waals surface area (Å²) >= 11 is 1.52. The molecule has 1 atom stereocenters. The highest BCUT2D eigenvalue weighted by Gasteiger charge is 2.24. The number of hydrogen-bond donors (Lipinski definition) is 1. The predicted molar refractivity (Wildman–Crippen MR) is 90.9 cm³/mol. The number of amides is 1. The van der Waals surface area contributed by atoms with Gasteiger partial charge in [0.05, 0.1) is 0 Å². The van der Waals surface area contributed by atoms with Gasteiger partial charge >= 0.3 is 5.97 Å². The Bertz CT molecular complexity index is 551. The Balaban J connectivity index is 1.51. The molecule has 0 unspecified atom stereocenters. The number of carbonyl (C=O) groups excluding carboxylic acids is 2. The maximum absolute atomic E-state index is 12.2. The lowest BCUT2D eigenvalue weighted by molar-refractivity contribution is -0.129. The number of ether oxygens (including phenoxy) is 1. The van der Waals surface area contributed by atoms with E-state index in [9.17, 15) is 9.59 Å². The Hall–Kier alpha value is -1.36. The van der Waals surface area contributed by atoms with Crippen LogP contribution in [-0.2, 0) is 22.4 Å². The Morgan fingerprint density at radius 2 is 1.91 bits per heavy atom. The fourth-order valence-corrected chi connectivity index (χ4v) is 4.58. The molecule has 0 radical (unpaired) electrons. The van der Waals surface area contributed by atoms with Gasteiger partial charge in [0.25, 0.3) is 5.91 Å². The Kier molecular flexibility index (Phi) is 5.36. The molecular weight excluding hydrogens is 310 g/mol. The van der Waals surface area contributed by atoms with Crippen LogP contribution in [0.3, 0.4) is 0 Å². The standard InChI is InChI=1S/C18H25NO3S/c1-12(17(20)19-14-8-4-2-3-5-9-14)22-18(21)16-11-13-7-6-10-15(13)23-16/h11-12,14H,2-10H2,1H3,(H,19,20)/t12-/m0/s1. The lowest BCUT2D eigenvalue weighted by Crippen LogP contribution is -2.41. The quantitative estimate of drug-likeness (QED) is 0.675. The molecule has 5 heteroatoms. The van der Waals surface area contributed by atoms with Gasteiger partial charge in [0.1, 0.15) is 4.88 Å². The number of aryl methyl sites for hydroxylation is 2. The van der Waals surface area contributed by atoms with E-state index in [1.54, 1.807) is 6.92 Å². The SMILES string of the molecule is C[C@H](OC(=O)c1cc2c(s1)CCC2)C(=O)NC1CCCCCC1. The molecule has 1 heterocycles. The topological polar surface area (TPSA) is 55.4 Å². The summed E-state index contributed by atoms with van der Waals surface area (Å²) in [5, 5.41) is 3.04. The number of esters is 1. The minimum absolute atomic E-state index is 0.172. The molecule has 1 amide bonds. The number of carbonyl (C=O) groups is 2. The van der Waals surface area contributed by atoms with Crippen LogP contribution in [0.1, 0.15) is 72.0 Å². The van der Waals surface area contributed by atoms with Crippen molar-refractivity contribution in [2.75, 3.05) is 0 Å². The second kappa shape index (κ2) is 7.47. The molecule has 0 aliphatic heterocycles. The molecule has 1 N–H and O–H groups in total. The molecule has 4 nitrogen and oxygen atoms in total. The van der Waals surface area contributed by atoms with E-state index in [4.69, 9.17) is 4.74 Å². The van der Waals surface area contributed by atoms with Crippen molar-refractivity contribution in [2.45, 2.75) is 76.9 Å². The van der Waals surface area contributed by atoms with Gasteiger partial charge in [0.2, 0.25) is 0 Å². The number of fused-ring (bicyclic) bond motifs is 1. The van der Waals surface area contributed by atoms with Gasteiger partial charge in [-0.3, -0.25) is 4.79 Å². The van der Waals surface area contributed by atoms with E-state index < -0.39 is 6.10 Å². The van der Waals surface area contributed by atoms with Crippen molar-refractivity contribution in [3.8, 4) is 0 Å². The summed E-state index contributed by atoms with van der Waals surface area (Å²) in [4.78, 5) is 26.4. The number of hydrogen-bond acceptors (Lipinski definition) is 4. The first kappa shape index (κ1) is 16.5. The molecule has 3 rings (SSSR count). The monoisotopic (exact) mass is 335 g/mol. The van der Waals surface area contributed by atoms with Crippen LogP contribution in [0.2, 0.25) is 0 Å². The first-order valence-electron chi connectivity index (χ1n) is 8.76. The molecule has 23 heavy (non-hydrogen) atoms. The lowest BCUT2D eigenvalue weighted by Gasteiger charge is -2.19. The van der Waals surface area contributed by atoms with Crippen LogP contribution in [0.4, 0.5) is 0 Å². The number of rotatable bonds is 4. The fraction of sp³-hybridized carbons (Fsp3) is 0.667. The van der Waals surface area contributed by atoms with Crippen LogP contribution in [-0.4, -0.2) is 24.0 Å². The normalized spacial score (nSPS) is 19.7. The zero-order valence-corrected chi connectivity index (χ0v) is 14.5. The maximum Gasteiger partial charge on any atom is 0.349 e. The summed E-state index contributed by atoms with van der Waals surface area (Å²) in [6.07, 6.45) is 9.45. The molecule has 1 aromatic rings. The third-order valence-corrected chi connectivity index (χ3v) is 6.02. The zero-order chi connectivity index (χ0) is 16.2. The van der Waals surface area contributed by atoms with E-state index in [2.05, 4.69) is 5.32 Å². The third-order valence-electron chi connectivity index (χ3n) is 4.80. The summed E-state index contributed by atoms with van der Waals surface area (Å²) < 4.78 is 5.37. The van der Waals surface area contributed by atoms with E-state index in [0.29, 0.717) is 4.88 Å². The van der Waals surface area contributed by atoms with Gasteiger partial charge in [-0.05, 0) is 50.7 Å². The average molecular weight is 335 g/mol. The van der Waals surface area contributed by atoms with Crippen LogP contribution in [0.15, 0.2) is 6.07 Å². The molecule has 1 fully saturated rings. The maximum atomic E-state index is 12.2. The van der Waals surface area contributed by atoms with Crippen LogP contribution in [0.25, 0.3) is 0 Å².